The van der Waals surface area contributed by atoms with Gasteiger partial charge in [-0.15, -0.1) is 0 Å². The molecule has 0 aliphatic carbocycles. The highest BCUT2D eigenvalue weighted by atomic mass is 16.5. The number of ether oxygens (including phenoxy) is 5. The van der Waals surface area contributed by atoms with Gasteiger partial charge in [0.1, 0.15) is 17.2 Å². The molecule has 0 saturated carbocycles. The molecule has 0 aliphatic rings. The fourth-order valence-electron chi connectivity index (χ4n) is 4.08. The molecule has 0 atom stereocenters. The predicted molar refractivity (Wildman–Crippen MR) is 169 cm³/mol. The van der Waals surface area contributed by atoms with E-state index in [1.165, 1.54) is 0 Å². The summed E-state index contributed by atoms with van der Waals surface area (Å²) in [6, 6.07) is 18.6. The molecule has 0 bridgehead atoms. The Morgan fingerprint density at radius 2 is 1.16 bits per heavy atom. The van der Waals surface area contributed by atoms with Gasteiger partial charge < -0.3 is 23.7 Å². The topological polar surface area (TPSA) is 114 Å². The molecule has 0 spiro atoms. The Balaban J connectivity index is 1.41. The number of rotatable bonds is 18. The van der Waals surface area contributed by atoms with Crippen LogP contribution in [-0.2, 0) is 25.5 Å². The van der Waals surface area contributed by atoms with Gasteiger partial charge in [0, 0.05) is 12.2 Å². The summed E-state index contributed by atoms with van der Waals surface area (Å²) in [5.41, 5.74) is 2.50. The summed E-state index contributed by atoms with van der Waals surface area (Å²) in [6.45, 7) is 9.59. The van der Waals surface area contributed by atoms with Crippen molar-refractivity contribution in [2.45, 2.75) is 45.4 Å². The fraction of sp³-hybridized carbons (Fsp3) is 0.278. The quantitative estimate of drug-likeness (QED) is 0.0663. The van der Waals surface area contributed by atoms with Gasteiger partial charge in [-0.25, -0.2) is 19.2 Å². The van der Waals surface area contributed by atoms with E-state index in [1.807, 2.05) is 12.1 Å². The summed E-state index contributed by atoms with van der Waals surface area (Å²) in [6.07, 6.45) is 7.12. The number of carbonyl (C=O) groups is 4. The second kappa shape index (κ2) is 18.5. The molecule has 0 aromatic heterocycles. The third kappa shape index (κ3) is 12.1. The minimum absolute atomic E-state index is 0.303. The zero-order valence-corrected chi connectivity index (χ0v) is 25.5. The van der Waals surface area contributed by atoms with Crippen LogP contribution in [0.25, 0.3) is 0 Å². The van der Waals surface area contributed by atoms with Crippen molar-refractivity contribution in [1.29, 1.82) is 0 Å². The largest absolute Gasteiger partial charge is 0.494 e. The van der Waals surface area contributed by atoms with E-state index in [1.54, 1.807) is 61.5 Å². The minimum Gasteiger partial charge on any atom is -0.494 e. The standard InChI is InChI=1S/C36H38O9/c1-4-33(37)42-23-8-6-7-11-27-12-14-28(15-13-27)35(39)44-31-20-21-32(26(3)25-31)45-36(40)29-16-18-30(19-17-29)41-22-9-10-24-43-34(38)5-2/h4-5,12-21,25H,1-2,6-11,22-24H2,3H3. The molecule has 236 valence electrons. The van der Waals surface area contributed by atoms with Gasteiger partial charge in [-0.05, 0) is 111 Å². The lowest BCUT2D eigenvalue weighted by Crippen LogP contribution is -2.11. The Hall–Kier alpha value is -5.18. The van der Waals surface area contributed by atoms with Crippen molar-refractivity contribution < 1.29 is 42.9 Å². The van der Waals surface area contributed by atoms with Crippen molar-refractivity contribution in [2.24, 2.45) is 0 Å². The van der Waals surface area contributed by atoms with Crippen molar-refractivity contribution in [2.75, 3.05) is 19.8 Å². The van der Waals surface area contributed by atoms with Crippen LogP contribution in [0, 0.1) is 6.92 Å². The Labute approximate surface area is 263 Å². The number of unbranched alkanes of at least 4 members (excludes halogenated alkanes) is 3. The summed E-state index contributed by atoms with van der Waals surface area (Å²) >= 11 is 0. The number of aryl methyl sites for hydroxylation is 2. The summed E-state index contributed by atoms with van der Waals surface area (Å²) in [5, 5.41) is 0. The lowest BCUT2D eigenvalue weighted by Gasteiger charge is -2.11. The van der Waals surface area contributed by atoms with Gasteiger partial charge in [-0.3, -0.25) is 0 Å². The van der Waals surface area contributed by atoms with E-state index in [-0.39, 0.29) is 0 Å². The molecule has 0 unspecified atom stereocenters. The molecule has 0 N–H and O–H groups in total. The van der Waals surface area contributed by atoms with E-state index in [0.29, 0.717) is 66.6 Å². The molecule has 0 saturated heterocycles. The van der Waals surface area contributed by atoms with Gasteiger partial charge in [0.05, 0.1) is 30.9 Å². The van der Waals surface area contributed by atoms with Gasteiger partial charge >= 0.3 is 23.9 Å². The number of hydrogen-bond acceptors (Lipinski definition) is 9. The molecular formula is C36H38O9. The third-order valence-corrected chi connectivity index (χ3v) is 6.58. The lowest BCUT2D eigenvalue weighted by molar-refractivity contribution is -0.138. The van der Waals surface area contributed by atoms with Gasteiger partial charge in [-0.2, -0.15) is 0 Å². The smallest absolute Gasteiger partial charge is 0.343 e. The van der Waals surface area contributed by atoms with E-state index >= 15 is 0 Å². The molecule has 45 heavy (non-hydrogen) atoms. The average molecular weight is 615 g/mol. The van der Waals surface area contributed by atoms with E-state index < -0.39 is 23.9 Å². The van der Waals surface area contributed by atoms with Crippen LogP contribution in [0.15, 0.2) is 92.0 Å². The first-order chi connectivity index (χ1) is 21.8. The van der Waals surface area contributed by atoms with Crippen molar-refractivity contribution in [1.82, 2.24) is 0 Å². The third-order valence-electron chi connectivity index (χ3n) is 6.58. The molecule has 0 heterocycles. The van der Waals surface area contributed by atoms with Crippen molar-refractivity contribution in [3.05, 3.63) is 114 Å². The maximum atomic E-state index is 12.7. The van der Waals surface area contributed by atoms with Crippen LogP contribution in [0.1, 0.15) is 63.9 Å². The number of hydrogen-bond donors (Lipinski definition) is 0. The van der Waals surface area contributed by atoms with Crippen molar-refractivity contribution >= 4 is 23.9 Å². The first-order valence-electron chi connectivity index (χ1n) is 14.7. The monoisotopic (exact) mass is 614 g/mol. The predicted octanol–water partition coefficient (Wildman–Crippen LogP) is 6.76. The highest BCUT2D eigenvalue weighted by molar-refractivity contribution is 5.92. The molecule has 9 nitrogen and oxygen atoms in total. The van der Waals surface area contributed by atoms with Crippen molar-refractivity contribution in [3.63, 3.8) is 0 Å². The molecule has 9 heteroatoms. The maximum absolute atomic E-state index is 12.7. The molecule has 3 rings (SSSR count). The summed E-state index contributed by atoms with van der Waals surface area (Å²) in [5.74, 6) is -0.597. The molecule has 3 aromatic carbocycles. The molecule has 0 amide bonds. The van der Waals surface area contributed by atoms with E-state index in [0.717, 1.165) is 43.4 Å². The van der Waals surface area contributed by atoms with Crippen LogP contribution in [-0.4, -0.2) is 43.7 Å². The number of benzene rings is 3. The molecular weight excluding hydrogens is 576 g/mol. The van der Waals surface area contributed by atoms with Crippen LogP contribution in [0.5, 0.6) is 17.2 Å². The van der Waals surface area contributed by atoms with Crippen molar-refractivity contribution in [3.8, 4) is 17.2 Å². The summed E-state index contributed by atoms with van der Waals surface area (Å²) in [4.78, 5) is 47.4. The summed E-state index contributed by atoms with van der Waals surface area (Å²) in [7, 11) is 0. The second-order valence-electron chi connectivity index (χ2n) is 10.0. The molecule has 0 fully saturated rings. The zero-order chi connectivity index (χ0) is 32.4. The highest BCUT2D eigenvalue weighted by Crippen LogP contribution is 2.25. The summed E-state index contributed by atoms with van der Waals surface area (Å²) < 4.78 is 26.6. The van der Waals surface area contributed by atoms with Crippen LogP contribution >= 0.6 is 0 Å². The van der Waals surface area contributed by atoms with Crippen LogP contribution in [0.2, 0.25) is 0 Å². The Morgan fingerprint density at radius 1 is 0.622 bits per heavy atom. The second-order valence-corrected chi connectivity index (χ2v) is 10.0. The Bertz CT molecular complexity index is 1460. The van der Waals surface area contributed by atoms with Gasteiger partial charge in [-0.1, -0.05) is 25.3 Å². The normalized spacial score (nSPS) is 10.3. The fourth-order valence-corrected chi connectivity index (χ4v) is 4.08. The first-order valence-corrected chi connectivity index (χ1v) is 14.7. The zero-order valence-electron chi connectivity index (χ0n) is 25.5. The van der Waals surface area contributed by atoms with Crippen LogP contribution < -0.4 is 14.2 Å². The van der Waals surface area contributed by atoms with Crippen LogP contribution in [0.4, 0.5) is 0 Å². The highest BCUT2D eigenvalue weighted by Gasteiger charge is 2.14. The maximum Gasteiger partial charge on any atom is 0.343 e. The SMILES string of the molecule is C=CC(=O)OCCCCCc1ccc(C(=O)Oc2ccc(OC(=O)c3ccc(OCCCCOC(=O)C=C)cc3)c(C)c2)cc1. The van der Waals surface area contributed by atoms with Gasteiger partial charge in [0.2, 0.25) is 0 Å². The van der Waals surface area contributed by atoms with E-state index in [4.69, 9.17) is 23.7 Å². The Morgan fingerprint density at radius 3 is 1.76 bits per heavy atom. The minimum atomic E-state index is -0.533. The van der Waals surface area contributed by atoms with Crippen LogP contribution in [0.3, 0.4) is 0 Å². The molecule has 3 aromatic rings. The van der Waals surface area contributed by atoms with Gasteiger partial charge in [0.25, 0.3) is 0 Å². The Kier molecular flexibility index (Phi) is 14.1. The van der Waals surface area contributed by atoms with E-state index in [9.17, 15) is 19.2 Å². The van der Waals surface area contributed by atoms with E-state index in [2.05, 4.69) is 13.2 Å². The first kappa shape index (κ1) is 34.3. The molecule has 0 radical (unpaired) electrons. The van der Waals surface area contributed by atoms with Gasteiger partial charge in [0.15, 0.2) is 0 Å². The average Bonchev–Trinajstić information content (AvgIpc) is 3.05. The number of carbonyl (C=O) groups excluding carboxylic acids is 4. The molecule has 0 aliphatic heterocycles. The lowest BCUT2D eigenvalue weighted by atomic mass is 10.1. The number of esters is 4.